The molecule has 0 radical (unpaired) electrons. The molecule has 1 aromatic rings. The van der Waals surface area contributed by atoms with Crippen LogP contribution in [0.15, 0.2) is 12.1 Å². The van der Waals surface area contributed by atoms with Gasteiger partial charge in [-0.1, -0.05) is 6.07 Å². The molecule has 3 nitrogen and oxygen atoms in total. The van der Waals surface area contributed by atoms with E-state index in [9.17, 15) is 5.11 Å². The molecule has 1 aromatic carbocycles. The normalized spacial score (nSPS) is 12.6. The summed E-state index contributed by atoms with van der Waals surface area (Å²) >= 11 is 0. The van der Waals surface area contributed by atoms with Gasteiger partial charge in [0.2, 0.25) is 0 Å². The van der Waals surface area contributed by atoms with E-state index in [0.29, 0.717) is 6.54 Å². The molecule has 0 saturated carbocycles. The summed E-state index contributed by atoms with van der Waals surface area (Å²) < 4.78 is 0. The summed E-state index contributed by atoms with van der Waals surface area (Å²) in [6, 6.07) is 4.13. The second kappa shape index (κ2) is 5.14. The Bertz CT molecular complexity index is 337. The maximum absolute atomic E-state index is 9.35. The van der Waals surface area contributed by atoms with Gasteiger partial charge in [0.15, 0.2) is 0 Å². The van der Waals surface area contributed by atoms with Crippen molar-refractivity contribution in [2.45, 2.75) is 26.9 Å². The summed E-state index contributed by atoms with van der Waals surface area (Å²) in [6.07, 6.45) is -0.481. The highest BCUT2D eigenvalue weighted by Gasteiger charge is 2.05. The van der Waals surface area contributed by atoms with Crippen LogP contribution in [0.4, 0.5) is 5.69 Å². The highest BCUT2D eigenvalue weighted by atomic mass is 16.3. The van der Waals surface area contributed by atoms with E-state index in [1.165, 1.54) is 16.7 Å². The van der Waals surface area contributed by atoms with Crippen LogP contribution in [0.5, 0.6) is 0 Å². The lowest BCUT2D eigenvalue weighted by molar-refractivity contribution is 0.196. The minimum atomic E-state index is -0.481. The first-order chi connectivity index (χ1) is 7.06. The van der Waals surface area contributed by atoms with Crippen LogP contribution >= 0.6 is 0 Å². The number of hydrogen-bond donors (Lipinski definition) is 3. The minimum absolute atomic E-state index is 0.289. The topological polar surface area (TPSA) is 58.3 Å². The monoisotopic (exact) mass is 208 g/mol. The number of rotatable bonds is 4. The van der Waals surface area contributed by atoms with Crippen LogP contribution in [-0.2, 0) is 0 Å². The first-order valence-corrected chi connectivity index (χ1v) is 5.25. The Morgan fingerprint density at radius 1 is 1.27 bits per heavy atom. The molecule has 84 valence electrons. The molecule has 15 heavy (non-hydrogen) atoms. The maximum atomic E-state index is 9.35. The Morgan fingerprint density at radius 3 is 2.53 bits per heavy atom. The average Bonchev–Trinajstić information content (AvgIpc) is 2.24. The molecule has 3 heteroatoms. The predicted octanol–water partition coefficient (Wildman–Crippen LogP) is 1.34. The molecular formula is C12H20N2O. The third kappa shape index (κ3) is 2.94. The summed E-state index contributed by atoms with van der Waals surface area (Å²) in [5.74, 6) is 0. The van der Waals surface area contributed by atoms with Gasteiger partial charge in [-0.3, -0.25) is 0 Å². The highest BCUT2D eigenvalue weighted by molar-refractivity contribution is 5.56. The van der Waals surface area contributed by atoms with Crippen molar-refractivity contribution in [3.63, 3.8) is 0 Å². The Morgan fingerprint density at radius 2 is 1.93 bits per heavy atom. The smallest absolute Gasteiger partial charge is 0.0834 e. The van der Waals surface area contributed by atoms with Crippen molar-refractivity contribution in [1.29, 1.82) is 0 Å². The molecule has 0 bridgehead atoms. The van der Waals surface area contributed by atoms with Crippen molar-refractivity contribution in [1.82, 2.24) is 0 Å². The fraction of sp³-hybridized carbons (Fsp3) is 0.500. The fourth-order valence-electron chi connectivity index (χ4n) is 1.46. The zero-order valence-corrected chi connectivity index (χ0v) is 9.67. The minimum Gasteiger partial charge on any atom is -0.390 e. The van der Waals surface area contributed by atoms with Gasteiger partial charge in [0.25, 0.3) is 0 Å². The summed E-state index contributed by atoms with van der Waals surface area (Å²) in [7, 11) is 0. The molecule has 0 aromatic heterocycles. The quantitative estimate of drug-likeness (QED) is 0.700. The molecule has 0 aliphatic rings. The zero-order valence-electron chi connectivity index (χ0n) is 9.67. The lowest BCUT2D eigenvalue weighted by Crippen LogP contribution is -2.28. The van der Waals surface area contributed by atoms with Gasteiger partial charge >= 0.3 is 0 Å². The van der Waals surface area contributed by atoms with Gasteiger partial charge in [-0.05, 0) is 43.5 Å². The van der Waals surface area contributed by atoms with Gasteiger partial charge in [0, 0.05) is 18.8 Å². The lowest BCUT2D eigenvalue weighted by atomic mass is 10.0. The third-order valence-corrected chi connectivity index (χ3v) is 2.86. The lowest BCUT2D eigenvalue weighted by Gasteiger charge is -2.15. The molecule has 0 aliphatic carbocycles. The van der Waals surface area contributed by atoms with Gasteiger partial charge in [0.1, 0.15) is 0 Å². The first-order valence-electron chi connectivity index (χ1n) is 5.25. The molecule has 0 fully saturated rings. The maximum Gasteiger partial charge on any atom is 0.0834 e. The van der Waals surface area contributed by atoms with Gasteiger partial charge < -0.3 is 16.2 Å². The molecule has 1 unspecified atom stereocenters. The van der Waals surface area contributed by atoms with Crippen molar-refractivity contribution in [3.05, 3.63) is 28.8 Å². The van der Waals surface area contributed by atoms with E-state index in [1.54, 1.807) is 0 Å². The van der Waals surface area contributed by atoms with Crippen molar-refractivity contribution in [3.8, 4) is 0 Å². The van der Waals surface area contributed by atoms with E-state index in [4.69, 9.17) is 5.73 Å². The molecule has 1 atom stereocenters. The molecule has 0 spiro atoms. The van der Waals surface area contributed by atoms with Crippen LogP contribution in [0.1, 0.15) is 16.7 Å². The standard InChI is InChI=1S/C12H20N2O/c1-8-4-5-12(10(3)9(8)2)14-7-11(15)6-13/h4-5,11,14-15H,6-7,13H2,1-3H3. The van der Waals surface area contributed by atoms with Crippen LogP contribution in [-0.4, -0.2) is 24.3 Å². The average molecular weight is 208 g/mol. The Kier molecular flexibility index (Phi) is 4.12. The second-order valence-electron chi connectivity index (χ2n) is 3.95. The Balaban J connectivity index is 2.74. The number of nitrogens with one attached hydrogen (secondary N) is 1. The van der Waals surface area contributed by atoms with E-state index in [-0.39, 0.29) is 6.54 Å². The van der Waals surface area contributed by atoms with Crippen molar-refractivity contribution < 1.29 is 5.11 Å². The number of hydrogen-bond acceptors (Lipinski definition) is 3. The summed E-state index contributed by atoms with van der Waals surface area (Å²) in [4.78, 5) is 0. The van der Waals surface area contributed by atoms with E-state index < -0.39 is 6.10 Å². The van der Waals surface area contributed by atoms with Crippen molar-refractivity contribution >= 4 is 5.69 Å². The number of aryl methyl sites for hydroxylation is 1. The molecular weight excluding hydrogens is 188 g/mol. The summed E-state index contributed by atoms with van der Waals surface area (Å²) in [5, 5.41) is 12.5. The SMILES string of the molecule is Cc1ccc(NCC(O)CN)c(C)c1C. The van der Waals surface area contributed by atoms with E-state index >= 15 is 0 Å². The molecule has 4 N–H and O–H groups in total. The molecule has 0 aliphatic heterocycles. The van der Waals surface area contributed by atoms with Gasteiger partial charge in [-0.15, -0.1) is 0 Å². The first kappa shape index (κ1) is 12.0. The van der Waals surface area contributed by atoms with Crippen molar-refractivity contribution in [2.75, 3.05) is 18.4 Å². The number of anilines is 1. The summed E-state index contributed by atoms with van der Waals surface area (Å²) in [5.41, 5.74) is 10.2. The number of aliphatic hydroxyl groups is 1. The molecule has 0 amide bonds. The van der Waals surface area contributed by atoms with E-state index in [2.05, 4.69) is 32.2 Å². The Hall–Kier alpha value is -1.06. The zero-order chi connectivity index (χ0) is 11.4. The van der Waals surface area contributed by atoms with Crippen molar-refractivity contribution in [2.24, 2.45) is 5.73 Å². The third-order valence-electron chi connectivity index (χ3n) is 2.86. The highest BCUT2D eigenvalue weighted by Crippen LogP contribution is 2.21. The molecule has 0 saturated heterocycles. The Labute approximate surface area is 91.3 Å². The number of nitrogens with two attached hydrogens (primary N) is 1. The van der Waals surface area contributed by atoms with Gasteiger partial charge in [-0.2, -0.15) is 0 Å². The fourth-order valence-corrected chi connectivity index (χ4v) is 1.46. The predicted molar refractivity (Wildman–Crippen MR) is 64.2 cm³/mol. The van der Waals surface area contributed by atoms with Crippen LogP contribution < -0.4 is 11.1 Å². The largest absolute Gasteiger partial charge is 0.390 e. The number of benzene rings is 1. The molecule has 0 heterocycles. The molecule has 1 rings (SSSR count). The van der Waals surface area contributed by atoms with Crippen LogP contribution in [0.25, 0.3) is 0 Å². The second-order valence-corrected chi connectivity index (χ2v) is 3.95. The van der Waals surface area contributed by atoms with Gasteiger partial charge in [0.05, 0.1) is 6.10 Å². The van der Waals surface area contributed by atoms with Crippen LogP contribution in [0, 0.1) is 20.8 Å². The van der Waals surface area contributed by atoms with E-state index in [1.807, 2.05) is 6.07 Å². The van der Waals surface area contributed by atoms with Crippen LogP contribution in [0.3, 0.4) is 0 Å². The number of aliphatic hydroxyl groups excluding tert-OH is 1. The van der Waals surface area contributed by atoms with Gasteiger partial charge in [-0.25, -0.2) is 0 Å². The van der Waals surface area contributed by atoms with Crippen LogP contribution in [0.2, 0.25) is 0 Å². The van der Waals surface area contributed by atoms with E-state index in [0.717, 1.165) is 5.69 Å². The summed E-state index contributed by atoms with van der Waals surface area (Å²) in [6.45, 7) is 7.08.